The van der Waals surface area contributed by atoms with E-state index in [1.807, 2.05) is 31.2 Å². The Labute approximate surface area is 134 Å². The van der Waals surface area contributed by atoms with E-state index in [-0.39, 0.29) is 11.5 Å². The van der Waals surface area contributed by atoms with Crippen molar-refractivity contribution in [3.63, 3.8) is 0 Å². The van der Waals surface area contributed by atoms with Gasteiger partial charge in [-0.3, -0.25) is 0 Å². The molecule has 0 heterocycles. The summed E-state index contributed by atoms with van der Waals surface area (Å²) in [5, 5.41) is 34.1. The van der Waals surface area contributed by atoms with Crippen molar-refractivity contribution in [1.82, 2.24) is 0 Å². The predicted molar refractivity (Wildman–Crippen MR) is 87.4 cm³/mol. The molecule has 0 aliphatic carbocycles. The fraction of sp³-hybridized carbons (Fsp3) is 0.176. The monoisotopic (exact) mass is 314 g/mol. The molecule has 2 rings (SSSR count). The number of phenols is 1. The summed E-state index contributed by atoms with van der Waals surface area (Å²) in [5.41, 5.74) is 3.66. The van der Waals surface area contributed by atoms with Crippen LogP contribution in [0.15, 0.2) is 40.6 Å². The van der Waals surface area contributed by atoms with Crippen LogP contribution < -0.4 is 4.74 Å². The van der Waals surface area contributed by atoms with E-state index in [9.17, 15) is 5.11 Å². The lowest BCUT2D eigenvalue weighted by Gasteiger charge is -2.14. The highest BCUT2D eigenvalue weighted by Gasteiger charge is 2.17. The highest BCUT2D eigenvalue weighted by atomic mass is 16.5. The zero-order valence-electron chi connectivity index (χ0n) is 12.9. The predicted octanol–water partition coefficient (Wildman–Crippen LogP) is 2.92. The van der Waals surface area contributed by atoms with Crippen LogP contribution in [0, 0.1) is 6.92 Å². The number of phenolic OH excluding ortho intramolecular Hbond substituents is 1. The number of ether oxygens (including phenoxy) is 1. The number of oxime groups is 2. The number of aryl methyl sites for hydroxylation is 1. The molecule has 0 radical (unpaired) electrons. The summed E-state index contributed by atoms with van der Waals surface area (Å²) in [6, 6.07) is 9.47. The number of benzene rings is 2. The van der Waals surface area contributed by atoms with E-state index in [2.05, 4.69) is 10.3 Å². The van der Waals surface area contributed by atoms with Crippen LogP contribution in [0.4, 0.5) is 0 Å². The summed E-state index contributed by atoms with van der Waals surface area (Å²) in [6.07, 6.45) is 2.84. The maximum absolute atomic E-state index is 10.3. The van der Waals surface area contributed by atoms with Gasteiger partial charge in [0.05, 0.1) is 19.5 Å². The van der Waals surface area contributed by atoms with E-state index in [0.29, 0.717) is 23.1 Å². The van der Waals surface area contributed by atoms with Gasteiger partial charge in [-0.05, 0) is 30.5 Å². The van der Waals surface area contributed by atoms with E-state index < -0.39 is 0 Å². The molecule has 0 aliphatic heterocycles. The highest BCUT2D eigenvalue weighted by Crippen LogP contribution is 2.34. The molecule has 0 bridgehead atoms. The zero-order valence-corrected chi connectivity index (χ0v) is 12.9. The van der Waals surface area contributed by atoms with Crippen LogP contribution in [0.5, 0.6) is 11.5 Å². The Morgan fingerprint density at radius 2 is 1.74 bits per heavy atom. The summed E-state index contributed by atoms with van der Waals surface area (Å²) in [5.74, 6) is 0.0601. The Bertz CT molecular complexity index is 737. The van der Waals surface area contributed by atoms with Crippen LogP contribution in [-0.4, -0.2) is 35.1 Å². The van der Waals surface area contributed by atoms with Gasteiger partial charge in [0.2, 0.25) is 0 Å². The lowest BCUT2D eigenvalue weighted by Crippen LogP contribution is -2.03. The van der Waals surface area contributed by atoms with Crippen LogP contribution in [0.3, 0.4) is 0 Å². The van der Waals surface area contributed by atoms with E-state index in [0.717, 1.165) is 17.3 Å². The zero-order chi connectivity index (χ0) is 16.8. The van der Waals surface area contributed by atoms with Gasteiger partial charge in [-0.1, -0.05) is 40.1 Å². The van der Waals surface area contributed by atoms with Crippen LogP contribution in [0.1, 0.15) is 27.8 Å². The third-order valence-corrected chi connectivity index (χ3v) is 3.55. The summed E-state index contributed by atoms with van der Waals surface area (Å²) >= 11 is 0. The average Bonchev–Trinajstić information content (AvgIpc) is 2.55. The Balaban J connectivity index is 2.62. The molecule has 6 nitrogen and oxygen atoms in total. The fourth-order valence-corrected chi connectivity index (χ4v) is 2.36. The molecule has 0 saturated heterocycles. The van der Waals surface area contributed by atoms with Crippen molar-refractivity contribution in [2.75, 3.05) is 7.11 Å². The molecule has 0 saturated carbocycles. The van der Waals surface area contributed by atoms with Crippen molar-refractivity contribution >= 4 is 12.4 Å². The second-order valence-electron chi connectivity index (χ2n) is 5.06. The first-order chi connectivity index (χ1) is 11.1. The van der Waals surface area contributed by atoms with Crippen molar-refractivity contribution in [3.8, 4) is 11.5 Å². The molecule has 23 heavy (non-hydrogen) atoms. The quantitative estimate of drug-likeness (QED) is 0.449. The molecule has 6 heteroatoms. The molecular weight excluding hydrogens is 296 g/mol. The Morgan fingerprint density at radius 1 is 1.09 bits per heavy atom. The van der Waals surface area contributed by atoms with E-state index in [1.165, 1.54) is 13.3 Å². The van der Waals surface area contributed by atoms with Gasteiger partial charge in [-0.25, -0.2) is 0 Å². The van der Waals surface area contributed by atoms with Gasteiger partial charge in [0, 0.05) is 11.1 Å². The SMILES string of the molecule is COc1cc(C=NO)c(Cc2ccc(C)cc2)c(C=NO)c1O. The molecular formula is C17H18N2O4. The topological polar surface area (TPSA) is 94.6 Å². The molecule has 3 N–H and O–H groups in total. The first-order valence-electron chi connectivity index (χ1n) is 6.94. The molecule has 0 aliphatic rings. The lowest BCUT2D eigenvalue weighted by molar-refractivity contribution is 0.321. The lowest BCUT2D eigenvalue weighted by atomic mass is 9.94. The van der Waals surface area contributed by atoms with E-state index in [4.69, 9.17) is 15.2 Å². The van der Waals surface area contributed by atoms with Crippen molar-refractivity contribution in [1.29, 1.82) is 0 Å². The number of hydrogen-bond donors (Lipinski definition) is 3. The molecule has 0 spiro atoms. The van der Waals surface area contributed by atoms with Crippen LogP contribution in [0.25, 0.3) is 0 Å². The van der Waals surface area contributed by atoms with Crippen molar-refractivity contribution in [2.45, 2.75) is 13.3 Å². The fourth-order valence-electron chi connectivity index (χ4n) is 2.36. The first-order valence-corrected chi connectivity index (χ1v) is 6.94. The molecule has 0 fully saturated rings. The van der Waals surface area contributed by atoms with Gasteiger partial charge in [-0.2, -0.15) is 0 Å². The molecule has 120 valence electrons. The molecule has 0 amide bonds. The van der Waals surface area contributed by atoms with Gasteiger partial charge < -0.3 is 20.3 Å². The number of methoxy groups -OCH3 is 1. The summed E-state index contributed by atoms with van der Waals surface area (Å²) < 4.78 is 5.10. The minimum absolute atomic E-state index is 0.137. The standard InChI is InChI=1S/C17H18N2O4/c1-11-3-5-12(6-4-11)7-14-13(9-18-21)8-16(23-2)17(20)15(14)10-19-22/h3-6,8-10,20-22H,7H2,1-2H3. The smallest absolute Gasteiger partial charge is 0.167 e. The van der Waals surface area contributed by atoms with Gasteiger partial charge >= 0.3 is 0 Å². The van der Waals surface area contributed by atoms with Crippen LogP contribution in [-0.2, 0) is 6.42 Å². The maximum atomic E-state index is 10.3. The van der Waals surface area contributed by atoms with Crippen molar-refractivity contribution in [2.24, 2.45) is 10.3 Å². The van der Waals surface area contributed by atoms with Crippen LogP contribution in [0.2, 0.25) is 0 Å². The molecule has 0 atom stereocenters. The molecule has 2 aromatic rings. The largest absolute Gasteiger partial charge is 0.504 e. The number of rotatable bonds is 5. The van der Waals surface area contributed by atoms with E-state index >= 15 is 0 Å². The van der Waals surface area contributed by atoms with Crippen LogP contribution >= 0.6 is 0 Å². The Kier molecular flexibility index (Phi) is 5.19. The Morgan fingerprint density at radius 3 is 2.30 bits per heavy atom. The van der Waals surface area contributed by atoms with Gasteiger partial charge in [0.25, 0.3) is 0 Å². The first kappa shape index (κ1) is 16.4. The molecule has 0 aromatic heterocycles. The number of aromatic hydroxyl groups is 1. The van der Waals surface area contributed by atoms with E-state index in [1.54, 1.807) is 6.07 Å². The number of nitrogens with zero attached hydrogens (tertiary/aromatic N) is 2. The third-order valence-electron chi connectivity index (χ3n) is 3.55. The third kappa shape index (κ3) is 3.60. The molecule has 0 unspecified atom stereocenters. The Hall–Kier alpha value is -3.02. The minimum Gasteiger partial charge on any atom is -0.504 e. The van der Waals surface area contributed by atoms with Crippen molar-refractivity contribution < 1.29 is 20.3 Å². The highest BCUT2D eigenvalue weighted by molar-refractivity contribution is 5.93. The van der Waals surface area contributed by atoms with Gasteiger partial charge in [0.15, 0.2) is 11.5 Å². The second kappa shape index (κ2) is 7.31. The van der Waals surface area contributed by atoms with Gasteiger partial charge in [0.1, 0.15) is 0 Å². The normalized spacial score (nSPS) is 11.4. The summed E-state index contributed by atoms with van der Waals surface area (Å²) in [6.45, 7) is 2.00. The molecule has 2 aromatic carbocycles. The second-order valence-corrected chi connectivity index (χ2v) is 5.06. The maximum Gasteiger partial charge on any atom is 0.167 e. The van der Waals surface area contributed by atoms with Gasteiger partial charge in [-0.15, -0.1) is 0 Å². The average molecular weight is 314 g/mol. The minimum atomic E-state index is -0.137. The summed E-state index contributed by atoms with van der Waals surface area (Å²) in [7, 11) is 1.41. The van der Waals surface area contributed by atoms with Crippen molar-refractivity contribution in [3.05, 3.63) is 58.1 Å². The summed E-state index contributed by atoms with van der Waals surface area (Å²) in [4.78, 5) is 0. The number of hydrogen-bond acceptors (Lipinski definition) is 6.